The van der Waals surface area contributed by atoms with Crippen molar-refractivity contribution in [2.75, 3.05) is 0 Å². The summed E-state index contributed by atoms with van der Waals surface area (Å²) >= 11 is 25.5. The Kier molecular flexibility index (Phi) is 7.69. The van der Waals surface area contributed by atoms with Crippen LogP contribution in [-0.4, -0.2) is 5.78 Å². The van der Waals surface area contributed by atoms with E-state index in [0.717, 1.165) is 33.4 Å². The number of carbonyl (C=O) groups excluding carboxylic acids is 1. The van der Waals surface area contributed by atoms with Crippen molar-refractivity contribution in [2.45, 2.75) is 5.92 Å². The van der Waals surface area contributed by atoms with Gasteiger partial charge in [-0.25, -0.2) is 0 Å². The highest BCUT2D eigenvalue weighted by Gasteiger charge is 2.29. The normalized spacial score (nSPS) is 11.1. The molecule has 5 aromatic carbocycles. The summed E-state index contributed by atoms with van der Waals surface area (Å²) in [6.45, 7) is 0. The fourth-order valence-corrected chi connectivity index (χ4v) is 5.40. The monoisotopic (exact) mass is 560 g/mol. The molecule has 0 atom stereocenters. The SMILES string of the molecule is O=C(c1c(-c2cccc(Cl)c2)cccc1-c1cccc(Cl)c1)C(c1cccc(Cl)c1)c1cccc(Cl)c1. The molecule has 0 saturated heterocycles. The summed E-state index contributed by atoms with van der Waals surface area (Å²) in [6, 6.07) is 35.6. The minimum Gasteiger partial charge on any atom is -0.293 e. The van der Waals surface area contributed by atoms with Gasteiger partial charge in [-0.1, -0.05) is 113 Å². The molecule has 0 aliphatic rings. The number of carbonyl (C=O) groups is 1. The number of Topliss-reactive ketones (excluding diaryl/α,β-unsaturated/α-hetero) is 1. The second-order valence-electron chi connectivity index (χ2n) is 8.66. The lowest BCUT2D eigenvalue weighted by molar-refractivity contribution is 0.0975. The first-order valence-electron chi connectivity index (χ1n) is 11.6. The fourth-order valence-electron chi connectivity index (χ4n) is 4.62. The first-order valence-corrected chi connectivity index (χ1v) is 13.1. The van der Waals surface area contributed by atoms with E-state index >= 15 is 0 Å². The summed E-state index contributed by atoms with van der Waals surface area (Å²) in [7, 11) is 0. The third-order valence-electron chi connectivity index (χ3n) is 6.21. The van der Waals surface area contributed by atoms with Crippen molar-refractivity contribution in [1.29, 1.82) is 0 Å². The maximum absolute atomic E-state index is 14.8. The van der Waals surface area contributed by atoms with Crippen LogP contribution in [0.25, 0.3) is 22.3 Å². The number of halogens is 4. The second-order valence-corrected chi connectivity index (χ2v) is 10.4. The van der Waals surface area contributed by atoms with Gasteiger partial charge in [0.05, 0.1) is 5.92 Å². The van der Waals surface area contributed by atoms with Crippen molar-refractivity contribution in [1.82, 2.24) is 0 Å². The van der Waals surface area contributed by atoms with E-state index in [-0.39, 0.29) is 5.78 Å². The van der Waals surface area contributed by atoms with Crippen LogP contribution in [0.5, 0.6) is 0 Å². The largest absolute Gasteiger partial charge is 0.293 e. The minimum absolute atomic E-state index is 0.0879. The molecular weight excluding hydrogens is 542 g/mol. The van der Waals surface area contributed by atoms with E-state index in [0.29, 0.717) is 25.7 Å². The third-order valence-corrected chi connectivity index (χ3v) is 7.15. The summed E-state index contributed by atoms with van der Waals surface area (Å²) < 4.78 is 0. The third kappa shape index (κ3) is 5.61. The van der Waals surface area contributed by atoms with Crippen LogP contribution in [0.2, 0.25) is 20.1 Å². The Labute approximate surface area is 236 Å². The molecule has 1 nitrogen and oxygen atoms in total. The van der Waals surface area contributed by atoms with Crippen LogP contribution in [0, 0.1) is 0 Å². The molecule has 5 heteroatoms. The standard InChI is InChI=1S/C32H20Cl4O/c33-24-10-1-6-20(16-24)28-14-5-15-29(21-7-2-11-25(34)17-21)31(28)32(37)30(22-8-3-12-26(35)18-22)23-9-4-13-27(36)19-23/h1-19,30H. The molecule has 0 aliphatic carbocycles. The average molecular weight is 562 g/mol. The van der Waals surface area contributed by atoms with Gasteiger partial charge in [0, 0.05) is 25.7 Å². The molecule has 0 saturated carbocycles. The van der Waals surface area contributed by atoms with Crippen molar-refractivity contribution in [3.05, 3.63) is 152 Å². The fraction of sp³-hybridized carbons (Fsp3) is 0.0312. The zero-order chi connectivity index (χ0) is 25.9. The molecule has 182 valence electrons. The number of benzene rings is 5. The molecule has 0 N–H and O–H groups in total. The number of hydrogen-bond acceptors (Lipinski definition) is 1. The Morgan fingerprint density at radius 1 is 0.486 bits per heavy atom. The van der Waals surface area contributed by atoms with Gasteiger partial charge in [-0.3, -0.25) is 4.79 Å². The molecule has 0 heterocycles. The molecule has 5 rings (SSSR count). The van der Waals surface area contributed by atoms with Gasteiger partial charge in [-0.15, -0.1) is 0 Å². The van der Waals surface area contributed by atoms with E-state index < -0.39 is 5.92 Å². The Morgan fingerprint density at radius 2 is 0.865 bits per heavy atom. The van der Waals surface area contributed by atoms with Crippen LogP contribution in [0.4, 0.5) is 0 Å². The molecule has 0 aromatic heterocycles. The first kappa shape index (κ1) is 25.6. The Hall–Kier alpha value is -3.07. The van der Waals surface area contributed by atoms with Crippen LogP contribution in [0.3, 0.4) is 0 Å². The van der Waals surface area contributed by atoms with E-state index in [1.165, 1.54) is 0 Å². The summed E-state index contributed by atoms with van der Waals surface area (Å²) in [6.07, 6.45) is 0. The molecule has 37 heavy (non-hydrogen) atoms. The van der Waals surface area contributed by atoms with Gasteiger partial charge in [0.2, 0.25) is 0 Å². The number of ketones is 1. The summed E-state index contributed by atoms with van der Waals surface area (Å²) in [5.74, 6) is -0.731. The molecule has 0 spiro atoms. The van der Waals surface area contributed by atoms with Crippen molar-refractivity contribution < 1.29 is 4.79 Å². The molecule has 0 aliphatic heterocycles. The maximum Gasteiger partial charge on any atom is 0.175 e. The summed E-state index contributed by atoms with van der Waals surface area (Å²) in [5.41, 5.74) is 5.36. The van der Waals surface area contributed by atoms with Gasteiger partial charge in [-0.05, 0) is 81.9 Å². The Morgan fingerprint density at radius 3 is 1.27 bits per heavy atom. The van der Waals surface area contributed by atoms with E-state index in [4.69, 9.17) is 46.4 Å². The maximum atomic E-state index is 14.8. The highest BCUT2D eigenvalue weighted by atomic mass is 35.5. The van der Waals surface area contributed by atoms with E-state index in [1.54, 1.807) is 12.1 Å². The average Bonchev–Trinajstić information content (AvgIpc) is 2.88. The number of rotatable bonds is 6. The van der Waals surface area contributed by atoms with E-state index in [2.05, 4.69) is 0 Å². The topological polar surface area (TPSA) is 17.1 Å². The smallest absolute Gasteiger partial charge is 0.175 e. The zero-order valence-corrected chi connectivity index (χ0v) is 22.5. The molecule has 5 aromatic rings. The minimum atomic E-state index is -0.643. The zero-order valence-electron chi connectivity index (χ0n) is 19.5. The quantitative estimate of drug-likeness (QED) is 0.188. The van der Waals surface area contributed by atoms with E-state index in [1.807, 2.05) is 103 Å². The van der Waals surface area contributed by atoms with E-state index in [9.17, 15) is 4.79 Å². The Bertz CT molecular complexity index is 1500. The van der Waals surface area contributed by atoms with Gasteiger partial charge in [0.25, 0.3) is 0 Å². The second kappa shape index (κ2) is 11.1. The Balaban J connectivity index is 1.80. The first-order chi connectivity index (χ1) is 17.9. The van der Waals surface area contributed by atoms with Gasteiger partial charge in [0.15, 0.2) is 5.78 Å². The van der Waals surface area contributed by atoms with Crippen molar-refractivity contribution in [2.24, 2.45) is 0 Å². The number of hydrogen-bond donors (Lipinski definition) is 0. The van der Waals surface area contributed by atoms with Crippen LogP contribution >= 0.6 is 46.4 Å². The van der Waals surface area contributed by atoms with Crippen LogP contribution in [0.1, 0.15) is 27.4 Å². The molecule has 0 fully saturated rings. The molecule has 0 unspecified atom stereocenters. The highest BCUT2D eigenvalue weighted by molar-refractivity contribution is 6.32. The lowest BCUT2D eigenvalue weighted by Gasteiger charge is -2.22. The lowest BCUT2D eigenvalue weighted by Crippen LogP contribution is -2.17. The molecular formula is C32H20Cl4O. The van der Waals surface area contributed by atoms with Gasteiger partial charge in [-0.2, -0.15) is 0 Å². The molecule has 0 radical (unpaired) electrons. The molecule has 0 amide bonds. The van der Waals surface area contributed by atoms with Crippen LogP contribution < -0.4 is 0 Å². The summed E-state index contributed by atoms with van der Waals surface area (Å²) in [4.78, 5) is 14.8. The van der Waals surface area contributed by atoms with Crippen molar-refractivity contribution in [3.63, 3.8) is 0 Å². The van der Waals surface area contributed by atoms with Gasteiger partial charge in [0.1, 0.15) is 0 Å². The van der Waals surface area contributed by atoms with Crippen LogP contribution in [0.15, 0.2) is 115 Å². The predicted molar refractivity (Wildman–Crippen MR) is 156 cm³/mol. The predicted octanol–water partition coefficient (Wildman–Crippen LogP) is 10.6. The van der Waals surface area contributed by atoms with Crippen molar-refractivity contribution in [3.8, 4) is 22.3 Å². The molecule has 0 bridgehead atoms. The van der Waals surface area contributed by atoms with Crippen molar-refractivity contribution >= 4 is 52.2 Å². The van der Waals surface area contributed by atoms with Gasteiger partial charge < -0.3 is 0 Å². The van der Waals surface area contributed by atoms with Crippen LogP contribution in [-0.2, 0) is 0 Å². The lowest BCUT2D eigenvalue weighted by atomic mass is 9.80. The van der Waals surface area contributed by atoms with Gasteiger partial charge >= 0.3 is 0 Å². The highest BCUT2D eigenvalue weighted by Crippen LogP contribution is 2.40. The summed E-state index contributed by atoms with van der Waals surface area (Å²) in [5, 5.41) is 2.28.